The third-order valence-corrected chi connectivity index (χ3v) is 5.86. The van der Waals surface area contributed by atoms with Gasteiger partial charge in [0.15, 0.2) is 0 Å². The summed E-state index contributed by atoms with van der Waals surface area (Å²) in [5, 5.41) is 0. The van der Waals surface area contributed by atoms with Crippen molar-refractivity contribution in [3.63, 3.8) is 0 Å². The summed E-state index contributed by atoms with van der Waals surface area (Å²) in [4.78, 5) is 0. The normalized spacial score (nSPS) is 44.1. The zero-order valence-corrected chi connectivity index (χ0v) is 12.2. The van der Waals surface area contributed by atoms with E-state index in [4.69, 9.17) is 4.74 Å². The molecule has 102 valence electrons. The monoisotopic (exact) mass is 248 g/mol. The molecule has 0 N–H and O–H groups in total. The van der Waals surface area contributed by atoms with Gasteiger partial charge in [-0.2, -0.15) is 0 Å². The predicted molar refractivity (Wildman–Crippen MR) is 75.2 cm³/mol. The Hall–Kier alpha value is -0.460. The summed E-state index contributed by atoms with van der Waals surface area (Å²) in [5.74, 6) is 4.84. The van der Waals surface area contributed by atoms with Gasteiger partial charge >= 0.3 is 0 Å². The van der Waals surface area contributed by atoms with Crippen molar-refractivity contribution in [1.82, 2.24) is 0 Å². The number of hydrogen-bond acceptors (Lipinski definition) is 1. The Morgan fingerprint density at radius 3 is 2.72 bits per heavy atom. The molecule has 3 rings (SSSR count). The molecule has 1 heteroatoms. The van der Waals surface area contributed by atoms with Crippen molar-refractivity contribution in [1.29, 1.82) is 0 Å². The van der Waals surface area contributed by atoms with Gasteiger partial charge in [0.05, 0.1) is 5.76 Å². The van der Waals surface area contributed by atoms with Crippen LogP contribution in [0.15, 0.2) is 11.3 Å². The first-order valence-corrected chi connectivity index (χ1v) is 8.04. The molecule has 2 aliphatic carbocycles. The second kappa shape index (κ2) is 4.90. The quantitative estimate of drug-likeness (QED) is 0.630. The maximum Gasteiger partial charge on any atom is 0.104 e. The molecule has 18 heavy (non-hydrogen) atoms. The summed E-state index contributed by atoms with van der Waals surface area (Å²) >= 11 is 0. The maximum absolute atomic E-state index is 6.30. The fourth-order valence-electron chi connectivity index (χ4n) is 4.31. The molecule has 0 radical (unpaired) electrons. The molecule has 0 bridgehead atoms. The molecule has 5 unspecified atom stereocenters. The summed E-state index contributed by atoms with van der Waals surface area (Å²) < 4.78 is 6.30. The van der Waals surface area contributed by atoms with Gasteiger partial charge in [-0.25, -0.2) is 0 Å². The standard InChI is InChI=1S/C17H28O/c1-4-13-6-5-7-14(9-8-13)17-16-10-15(16)11(2)12(3)18-17/h13-17H,4-10H2,1-3H3. The molecule has 0 aromatic carbocycles. The summed E-state index contributed by atoms with van der Waals surface area (Å²) in [6.07, 6.45) is 10.5. The molecular weight excluding hydrogens is 220 g/mol. The second-order valence-electron chi connectivity index (χ2n) is 6.87. The highest BCUT2D eigenvalue weighted by molar-refractivity contribution is 5.22. The van der Waals surface area contributed by atoms with Gasteiger partial charge < -0.3 is 4.74 Å². The van der Waals surface area contributed by atoms with Gasteiger partial charge in [0.1, 0.15) is 6.10 Å². The van der Waals surface area contributed by atoms with E-state index in [0.29, 0.717) is 6.10 Å². The zero-order chi connectivity index (χ0) is 12.7. The van der Waals surface area contributed by atoms with Gasteiger partial charge in [0.2, 0.25) is 0 Å². The van der Waals surface area contributed by atoms with Crippen LogP contribution in [0.4, 0.5) is 0 Å². The maximum atomic E-state index is 6.30. The number of rotatable bonds is 2. The van der Waals surface area contributed by atoms with Gasteiger partial charge in [0, 0.05) is 5.92 Å². The van der Waals surface area contributed by atoms with Crippen LogP contribution in [0.5, 0.6) is 0 Å². The first-order chi connectivity index (χ1) is 8.70. The zero-order valence-electron chi connectivity index (χ0n) is 12.2. The highest BCUT2D eigenvalue weighted by atomic mass is 16.5. The molecule has 0 amide bonds. The molecule has 5 atom stereocenters. The lowest BCUT2D eigenvalue weighted by molar-refractivity contribution is 0.0250. The van der Waals surface area contributed by atoms with Crippen molar-refractivity contribution >= 4 is 0 Å². The van der Waals surface area contributed by atoms with Gasteiger partial charge in [0.25, 0.3) is 0 Å². The topological polar surface area (TPSA) is 9.23 Å². The van der Waals surface area contributed by atoms with Crippen LogP contribution >= 0.6 is 0 Å². The van der Waals surface area contributed by atoms with E-state index < -0.39 is 0 Å². The predicted octanol–water partition coefficient (Wildman–Crippen LogP) is 4.92. The van der Waals surface area contributed by atoms with Crippen LogP contribution in [0.2, 0.25) is 0 Å². The second-order valence-corrected chi connectivity index (χ2v) is 6.87. The van der Waals surface area contributed by atoms with E-state index in [2.05, 4.69) is 20.8 Å². The first kappa shape index (κ1) is 12.6. The van der Waals surface area contributed by atoms with Crippen molar-refractivity contribution in [2.75, 3.05) is 0 Å². The third-order valence-electron chi connectivity index (χ3n) is 5.86. The largest absolute Gasteiger partial charge is 0.495 e. The molecule has 0 aromatic heterocycles. The fourth-order valence-corrected chi connectivity index (χ4v) is 4.31. The average Bonchev–Trinajstić information content (AvgIpc) is 3.17. The molecule has 0 spiro atoms. The summed E-state index contributed by atoms with van der Waals surface area (Å²) in [6.45, 7) is 6.81. The van der Waals surface area contributed by atoms with Crippen molar-refractivity contribution in [2.24, 2.45) is 23.7 Å². The van der Waals surface area contributed by atoms with E-state index >= 15 is 0 Å². The van der Waals surface area contributed by atoms with Gasteiger partial charge in [-0.05, 0) is 56.4 Å². The molecule has 3 aliphatic rings. The van der Waals surface area contributed by atoms with Gasteiger partial charge in [-0.3, -0.25) is 0 Å². The number of ether oxygens (including phenoxy) is 1. The Labute approximate surface area is 112 Å². The van der Waals surface area contributed by atoms with Crippen molar-refractivity contribution in [2.45, 2.75) is 71.8 Å². The molecule has 1 nitrogen and oxygen atoms in total. The lowest BCUT2D eigenvalue weighted by Gasteiger charge is -2.32. The van der Waals surface area contributed by atoms with E-state index in [0.717, 1.165) is 23.7 Å². The number of hydrogen-bond donors (Lipinski definition) is 0. The van der Waals surface area contributed by atoms with Crippen LogP contribution in [-0.2, 0) is 4.74 Å². The summed E-state index contributed by atoms with van der Waals surface area (Å²) in [5.41, 5.74) is 1.54. The van der Waals surface area contributed by atoms with Crippen molar-refractivity contribution < 1.29 is 4.74 Å². The number of fused-ring (bicyclic) bond motifs is 1. The minimum absolute atomic E-state index is 0.564. The van der Waals surface area contributed by atoms with E-state index in [9.17, 15) is 0 Å². The van der Waals surface area contributed by atoms with Gasteiger partial charge in [-0.15, -0.1) is 0 Å². The minimum Gasteiger partial charge on any atom is -0.495 e. The fraction of sp³-hybridized carbons (Fsp3) is 0.882. The van der Waals surface area contributed by atoms with Crippen molar-refractivity contribution in [3.05, 3.63) is 11.3 Å². The van der Waals surface area contributed by atoms with Crippen LogP contribution in [0.3, 0.4) is 0 Å². The third kappa shape index (κ3) is 2.21. The van der Waals surface area contributed by atoms with E-state index in [-0.39, 0.29) is 0 Å². The Bertz CT molecular complexity index is 344. The first-order valence-electron chi connectivity index (χ1n) is 8.04. The Morgan fingerprint density at radius 2 is 1.94 bits per heavy atom. The van der Waals surface area contributed by atoms with Crippen molar-refractivity contribution in [3.8, 4) is 0 Å². The van der Waals surface area contributed by atoms with Crippen LogP contribution in [0, 0.1) is 23.7 Å². The average molecular weight is 248 g/mol. The summed E-state index contributed by atoms with van der Waals surface area (Å²) in [6, 6.07) is 0. The Kier molecular flexibility index (Phi) is 3.42. The molecule has 0 aromatic rings. The highest BCUT2D eigenvalue weighted by Gasteiger charge is 2.51. The van der Waals surface area contributed by atoms with E-state index in [1.807, 2.05) is 0 Å². The highest BCUT2D eigenvalue weighted by Crippen LogP contribution is 2.55. The molecular formula is C17H28O. The van der Waals surface area contributed by atoms with Crippen LogP contribution in [-0.4, -0.2) is 6.10 Å². The lowest BCUT2D eigenvalue weighted by Crippen LogP contribution is -2.29. The molecule has 2 saturated carbocycles. The van der Waals surface area contributed by atoms with Crippen LogP contribution in [0.1, 0.15) is 65.7 Å². The Morgan fingerprint density at radius 1 is 1.11 bits per heavy atom. The smallest absolute Gasteiger partial charge is 0.104 e. The SMILES string of the molecule is CCC1CCCC(C2OC(C)=C(C)C3CC32)CC1. The van der Waals surface area contributed by atoms with Crippen LogP contribution < -0.4 is 0 Å². The van der Waals surface area contributed by atoms with Crippen LogP contribution in [0.25, 0.3) is 0 Å². The lowest BCUT2D eigenvalue weighted by atomic mass is 9.87. The Balaban J connectivity index is 1.66. The molecule has 0 saturated heterocycles. The van der Waals surface area contributed by atoms with E-state index in [1.54, 1.807) is 0 Å². The van der Waals surface area contributed by atoms with Gasteiger partial charge in [-0.1, -0.05) is 32.6 Å². The summed E-state index contributed by atoms with van der Waals surface area (Å²) in [7, 11) is 0. The van der Waals surface area contributed by atoms with E-state index in [1.165, 1.54) is 56.3 Å². The molecule has 1 heterocycles. The minimum atomic E-state index is 0.564. The molecule has 2 fully saturated rings. The number of allylic oxidation sites excluding steroid dienone is 2. The molecule has 1 aliphatic heterocycles.